The highest BCUT2D eigenvalue weighted by Crippen LogP contribution is 2.33. The summed E-state index contributed by atoms with van der Waals surface area (Å²) in [6.45, 7) is 17.7. The fourth-order valence-electron chi connectivity index (χ4n) is 3.45. The third kappa shape index (κ3) is 3.72. The minimum atomic E-state index is 0.352. The molecule has 0 aromatic carbocycles. The van der Waals surface area contributed by atoms with Crippen molar-refractivity contribution < 1.29 is 0 Å². The van der Waals surface area contributed by atoms with E-state index in [2.05, 4.69) is 51.8 Å². The molecule has 1 N–H and O–H groups in total. The third-order valence-corrected chi connectivity index (χ3v) is 5.60. The van der Waals surface area contributed by atoms with Gasteiger partial charge in [-0.1, -0.05) is 41.5 Å². The van der Waals surface area contributed by atoms with Crippen molar-refractivity contribution in [2.45, 2.75) is 84.7 Å². The van der Waals surface area contributed by atoms with E-state index in [1.807, 2.05) is 0 Å². The molecule has 0 atom stereocenters. The van der Waals surface area contributed by atoms with Crippen LogP contribution in [0.5, 0.6) is 0 Å². The van der Waals surface area contributed by atoms with Crippen LogP contribution >= 0.6 is 0 Å². The van der Waals surface area contributed by atoms with Crippen molar-refractivity contribution in [2.75, 3.05) is 19.6 Å². The molecule has 0 spiro atoms. The van der Waals surface area contributed by atoms with Gasteiger partial charge in [0.15, 0.2) is 0 Å². The molecule has 1 heterocycles. The van der Waals surface area contributed by atoms with Crippen LogP contribution in [0.2, 0.25) is 0 Å². The summed E-state index contributed by atoms with van der Waals surface area (Å²) in [7, 11) is 0. The van der Waals surface area contributed by atoms with E-state index in [-0.39, 0.29) is 0 Å². The smallest absolute Gasteiger partial charge is 0.0329 e. The minimum Gasteiger partial charge on any atom is -0.308 e. The van der Waals surface area contributed by atoms with Crippen LogP contribution in [0.15, 0.2) is 0 Å². The quantitative estimate of drug-likeness (QED) is 0.749. The lowest BCUT2D eigenvalue weighted by Gasteiger charge is -2.54. The number of nitrogens with one attached hydrogen (secondary N) is 1. The van der Waals surface area contributed by atoms with Gasteiger partial charge in [-0.3, -0.25) is 4.90 Å². The van der Waals surface area contributed by atoms with Crippen molar-refractivity contribution >= 4 is 0 Å². The third-order valence-electron chi connectivity index (χ3n) is 5.60. The SMILES string of the molecule is CCC1(CC)CN(CCC(C)C)C(CC)(CC)CN1. The first-order chi connectivity index (χ1) is 8.97. The fourth-order valence-corrected chi connectivity index (χ4v) is 3.45. The summed E-state index contributed by atoms with van der Waals surface area (Å²) in [4.78, 5) is 2.82. The van der Waals surface area contributed by atoms with Crippen molar-refractivity contribution in [1.82, 2.24) is 10.2 Å². The van der Waals surface area contributed by atoms with Gasteiger partial charge in [0.1, 0.15) is 0 Å². The van der Waals surface area contributed by atoms with Gasteiger partial charge in [-0.25, -0.2) is 0 Å². The van der Waals surface area contributed by atoms with E-state index in [9.17, 15) is 0 Å². The molecule has 1 aliphatic heterocycles. The normalized spacial score (nSPS) is 22.9. The molecule has 0 radical (unpaired) electrons. The Morgan fingerprint density at radius 1 is 1.00 bits per heavy atom. The van der Waals surface area contributed by atoms with E-state index < -0.39 is 0 Å². The topological polar surface area (TPSA) is 15.3 Å². The lowest BCUT2D eigenvalue weighted by Crippen LogP contribution is -2.69. The minimum absolute atomic E-state index is 0.352. The van der Waals surface area contributed by atoms with Crippen LogP contribution in [0.3, 0.4) is 0 Å². The lowest BCUT2D eigenvalue weighted by atomic mass is 9.80. The van der Waals surface area contributed by atoms with E-state index in [1.54, 1.807) is 0 Å². The monoisotopic (exact) mass is 268 g/mol. The largest absolute Gasteiger partial charge is 0.308 e. The zero-order valence-corrected chi connectivity index (χ0v) is 14.2. The molecule has 0 bridgehead atoms. The second-order valence-corrected chi connectivity index (χ2v) is 6.88. The fraction of sp³-hybridized carbons (Fsp3) is 1.00. The number of rotatable bonds is 7. The summed E-state index contributed by atoms with van der Waals surface area (Å²) < 4.78 is 0. The Balaban J connectivity index is 2.85. The van der Waals surface area contributed by atoms with Gasteiger partial charge in [-0.15, -0.1) is 0 Å². The van der Waals surface area contributed by atoms with Gasteiger partial charge in [0, 0.05) is 24.2 Å². The van der Waals surface area contributed by atoms with Crippen molar-refractivity contribution in [3.63, 3.8) is 0 Å². The average molecular weight is 268 g/mol. The van der Waals surface area contributed by atoms with E-state index in [4.69, 9.17) is 0 Å². The van der Waals surface area contributed by atoms with Crippen LogP contribution < -0.4 is 5.32 Å². The lowest BCUT2D eigenvalue weighted by molar-refractivity contribution is -0.00740. The standard InChI is InChI=1S/C17H36N2/c1-7-16(8-2)14-19(12-11-15(5)6)17(9-3,10-4)13-18-16/h15,18H,7-14H2,1-6H3. The first-order valence-electron chi connectivity index (χ1n) is 8.47. The van der Waals surface area contributed by atoms with E-state index in [0.29, 0.717) is 11.1 Å². The molecule has 1 rings (SSSR count). The van der Waals surface area contributed by atoms with Gasteiger partial charge in [-0.2, -0.15) is 0 Å². The van der Waals surface area contributed by atoms with Crippen LogP contribution in [-0.2, 0) is 0 Å². The molecule has 2 nitrogen and oxygen atoms in total. The van der Waals surface area contributed by atoms with Crippen LogP contribution in [0, 0.1) is 5.92 Å². The van der Waals surface area contributed by atoms with E-state index in [1.165, 1.54) is 51.7 Å². The van der Waals surface area contributed by atoms with Crippen molar-refractivity contribution in [3.8, 4) is 0 Å². The molecule has 0 amide bonds. The first kappa shape index (κ1) is 17.0. The Hall–Kier alpha value is -0.0800. The first-order valence-corrected chi connectivity index (χ1v) is 8.47. The van der Waals surface area contributed by atoms with Crippen LogP contribution in [0.25, 0.3) is 0 Å². The summed E-state index contributed by atoms with van der Waals surface area (Å²) in [6.07, 6.45) is 6.33. The van der Waals surface area contributed by atoms with E-state index in [0.717, 1.165) is 5.92 Å². The van der Waals surface area contributed by atoms with Gasteiger partial charge in [-0.05, 0) is 44.6 Å². The van der Waals surface area contributed by atoms with Gasteiger partial charge in [0.2, 0.25) is 0 Å². The second kappa shape index (κ2) is 7.08. The Labute approximate surface area is 121 Å². The molecule has 0 aromatic heterocycles. The van der Waals surface area contributed by atoms with Crippen molar-refractivity contribution in [3.05, 3.63) is 0 Å². The Bertz CT molecular complexity index is 252. The van der Waals surface area contributed by atoms with Crippen LogP contribution in [0.1, 0.15) is 73.6 Å². The molecule has 114 valence electrons. The highest BCUT2D eigenvalue weighted by Gasteiger charge is 2.43. The van der Waals surface area contributed by atoms with Gasteiger partial charge in [0.05, 0.1) is 0 Å². The second-order valence-electron chi connectivity index (χ2n) is 6.88. The maximum absolute atomic E-state index is 3.90. The van der Waals surface area contributed by atoms with Crippen molar-refractivity contribution in [1.29, 1.82) is 0 Å². The van der Waals surface area contributed by atoms with Gasteiger partial charge >= 0.3 is 0 Å². The molecule has 19 heavy (non-hydrogen) atoms. The summed E-state index contributed by atoms with van der Waals surface area (Å²) in [6, 6.07) is 0. The molecule has 0 saturated carbocycles. The van der Waals surface area contributed by atoms with Gasteiger partial charge < -0.3 is 5.32 Å². The van der Waals surface area contributed by atoms with Crippen molar-refractivity contribution in [2.24, 2.45) is 5.92 Å². The number of piperazine rings is 1. The average Bonchev–Trinajstić information content (AvgIpc) is 2.44. The molecule has 0 aliphatic carbocycles. The molecular weight excluding hydrogens is 232 g/mol. The summed E-state index contributed by atoms with van der Waals surface area (Å²) in [5.74, 6) is 0.805. The zero-order valence-electron chi connectivity index (χ0n) is 14.2. The summed E-state index contributed by atoms with van der Waals surface area (Å²) in [5.41, 5.74) is 0.744. The molecule has 0 aromatic rings. The predicted octanol–water partition coefficient (Wildman–Crippen LogP) is 4.06. The maximum Gasteiger partial charge on any atom is 0.0329 e. The molecule has 1 saturated heterocycles. The molecule has 0 unspecified atom stereocenters. The van der Waals surface area contributed by atoms with Gasteiger partial charge in [0.25, 0.3) is 0 Å². The maximum atomic E-state index is 3.90. The molecule has 1 aliphatic rings. The highest BCUT2D eigenvalue weighted by molar-refractivity contribution is 5.03. The Kier molecular flexibility index (Phi) is 6.32. The highest BCUT2D eigenvalue weighted by atomic mass is 15.3. The van der Waals surface area contributed by atoms with E-state index >= 15 is 0 Å². The molecule has 2 heteroatoms. The predicted molar refractivity (Wildman–Crippen MR) is 85.7 cm³/mol. The Morgan fingerprint density at radius 2 is 1.58 bits per heavy atom. The summed E-state index contributed by atoms with van der Waals surface area (Å²) in [5, 5.41) is 3.90. The number of nitrogens with zero attached hydrogens (tertiary/aromatic N) is 1. The van der Waals surface area contributed by atoms with Crippen LogP contribution in [0.4, 0.5) is 0 Å². The number of hydrogen-bond donors (Lipinski definition) is 1. The van der Waals surface area contributed by atoms with Crippen LogP contribution in [-0.4, -0.2) is 35.6 Å². The number of hydrogen-bond acceptors (Lipinski definition) is 2. The summed E-state index contributed by atoms with van der Waals surface area (Å²) >= 11 is 0. The molecular formula is C17H36N2. The Morgan fingerprint density at radius 3 is 2.00 bits per heavy atom. The zero-order chi connectivity index (χ0) is 14.5. The molecule has 1 fully saturated rings.